The minimum absolute atomic E-state index is 0.410. The van der Waals surface area contributed by atoms with E-state index in [4.69, 9.17) is 0 Å². The van der Waals surface area contributed by atoms with Gasteiger partial charge >= 0.3 is 0 Å². The van der Waals surface area contributed by atoms with Crippen molar-refractivity contribution in [1.29, 1.82) is 0 Å². The van der Waals surface area contributed by atoms with E-state index in [1.165, 1.54) is 20.3 Å². The van der Waals surface area contributed by atoms with Crippen LogP contribution >= 0.6 is 22.6 Å². The van der Waals surface area contributed by atoms with Crippen LogP contribution in [0.2, 0.25) is 0 Å². The predicted octanol–water partition coefficient (Wildman–Crippen LogP) is 5.67. The lowest BCUT2D eigenvalue weighted by Gasteiger charge is -2.18. The molecule has 21 heavy (non-hydrogen) atoms. The summed E-state index contributed by atoms with van der Waals surface area (Å²) in [6, 6.07) is 30.4. The number of hydrogen-bond donors (Lipinski definition) is 0. The Balaban J connectivity index is 1.95. The summed E-state index contributed by atoms with van der Waals surface area (Å²) in [5, 5.41) is 0. The highest BCUT2D eigenvalue weighted by Gasteiger charge is 2.14. The van der Waals surface area contributed by atoms with Gasteiger partial charge in [-0.2, -0.15) is 0 Å². The summed E-state index contributed by atoms with van der Waals surface area (Å²) in [5.74, 6) is 0.410. The monoisotopic (exact) mass is 384 g/mol. The van der Waals surface area contributed by atoms with Crippen molar-refractivity contribution in [2.24, 2.45) is 0 Å². The van der Waals surface area contributed by atoms with Crippen molar-refractivity contribution in [3.63, 3.8) is 0 Å². The van der Waals surface area contributed by atoms with Crippen LogP contribution in [-0.4, -0.2) is 0 Å². The number of halogens is 1. The first-order valence-corrected chi connectivity index (χ1v) is 8.25. The molecular weight excluding hydrogens is 367 g/mol. The van der Waals surface area contributed by atoms with Crippen LogP contribution in [0.3, 0.4) is 0 Å². The summed E-state index contributed by atoms with van der Waals surface area (Å²) >= 11 is 2.35. The van der Waals surface area contributed by atoms with E-state index >= 15 is 0 Å². The zero-order valence-corrected chi connectivity index (χ0v) is 13.9. The van der Waals surface area contributed by atoms with Crippen LogP contribution in [0.1, 0.15) is 22.6 Å². The van der Waals surface area contributed by atoms with Gasteiger partial charge in [-0.25, -0.2) is 0 Å². The number of benzene rings is 3. The van der Waals surface area contributed by atoms with Gasteiger partial charge in [-0.3, -0.25) is 0 Å². The highest BCUT2D eigenvalue weighted by Crippen LogP contribution is 2.28. The third kappa shape index (κ3) is 3.73. The molecule has 0 bridgehead atoms. The molecule has 0 saturated carbocycles. The molecule has 0 aliphatic rings. The van der Waals surface area contributed by atoms with Gasteiger partial charge in [0.1, 0.15) is 0 Å². The maximum absolute atomic E-state index is 2.35. The summed E-state index contributed by atoms with van der Waals surface area (Å²) < 4.78 is 1.28. The Kier molecular flexibility index (Phi) is 4.71. The lowest BCUT2D eigenvalue weighted by atomic mass is 9.86. The van der Waals surface area contributed by atoms with Crippen molar-refractivity contribution < 1.29 is 0 Å². The lowest BCUT2D eigenvalue weighted by molar-refractivity contribution is 0.805. The Hall–Kier alpha value is -1.61. The second kappa shape index (κ2) is 6.90. The standard InChI is InChI=1S/C20H17I/c21-19-13-11-16(12-14-19)15-20(17-7-3-1-4-8-17)18-9-5-2-6-10-18/h1-14,20H,15H2. The van der Waals surface area contributed by atoms with E-state index < -0.39 is 0 Å². The van der Waals surface area contributed by atoms with Gasteiger partial charge in [0, 0.05) is 9.49 Å². The van der Waals surface area contributed by atoms with Gasteiger partial charge in [0.2, 0.25) is 0 Å². The maximum atomic E-state index is 2.35. The van der Waals surface area contributed by atoms with Crippen molar-refractivity contribution in [1.82, 2.24) is 0 Å². The van der Waals surface area contributed by atoms with E-state index in [2.05, 4.69) is 108 Å². The van der Waals surface area contributed by atoms with Crippen molar-refractivity contribution in [3.8, 4) is 0 Å². The normalized spacial score (nSPS) is 10.8. The van der Waals surface area contributed by atoms with Crippen LogP contribution in [0.25, 0.3) is 0 Å². The summed E-state index contributed by atoms with van der Waals surface area (Å²) in [7, 11) is 0. The van der Waals surface area contributed by atoms with Gasteiger partial charge in [0.05, 0.1) is 0 Å². The highest BCUT2D eigenvalue weighted by atomic mass is 127. The molecule has 0 amide bonds. The topological polar surface area (TPSA) is 0 Å². The van der Waals surface area contributed by atoms with Gasteiger partial charge in [0.25, 0.3) is 0 Å². The Bertz CT molecular complexity index is 633. The zero-order valence-electron chi connectivity index (χ0n) is 11.7. The van der Waals surface area contributed by atoms with Crippen molar-refractivity contribution >= 4 is 22.6 Å². The van der Waals surface area contributed by atoms with Gasteiger partial charge in [-0.05, 0) is 57.8 Å². The molecule has 0 spiro atoms. The van der Waals surface area contributed by atoms with Crippen LogP contribution in [-0.2, 0) is 6.42 Å². The van der Waals surface area contributed by atoms with E-state index in [0.717, 1.165) is 6.42 Å². The molecule has 0 nitrogen and oxygen atoms in total. The summed E-state index contributed by atoms with van der Waals surface area (Å²) in [6.45, 7) is 0. The minimum atomic E-state index is 0.410. The quantitative estimate of drug-likeness (QED) is 0.509. The summed E-state index contributed by atoms with van der Waals surface area (Å²) in [5.41, 5.74) is 4.14. The lowest BCUT2D eigenvalue weighted by Crippen LogP contribution is -2.05. The van der Waals surface area contributed by atoms with Crippen LogP contribution in [0, 0.1) is 3.57 Å². The van der Waals surface area contributed by atoms with E-state index in [0.29, 0.717) is 5.92 Å². The van der Waals surface area contributed by atoms with E-state index in [-0.39, 0.29) is 0 Å². The minimum Gasteiger partial charge on any atom is -0.0622 e. The van der Waals surface area contributed by atoms with Crippen LogP contribution < -0.4 is 0 Å². The molecule has 0 N–H and O–H groups in total. The zero-order chi connectivity index (χ0) is 14.5. The first-order valence-electron chi connectivity index (χ1n) is 7.17. The number of rotatable bonds is 4. The molecular formula is C20H17I. The molecule has 0 aliphatic carbocycles. The van der Waals surface area contributed by atoms with Gasteiger partial charge in [-0.1, -0.05) is 72.8 Å². The SMILES string of the molecule is Ic1ccc(CC(c2ccccc2)c2ccccc2)cc1. The fraction of sp³-hybridized carbons (Fsp3) is 0.100. The van der Waals surface area contributed by atoms with Gasteiger partial charge in [0.15, 0.2) is 0 Å². The largest absolute Gasteiger partial charge is 0.0622 e. The second-order valence-corrected chi connectivity index (χ2v) is 6.45. The van der Waals surface area contributed by atoms with Crippen LogP contribution in [0.4, 0.5) is 0 Å². The van der Waals surface area contributed by atoms with Crippen molar-refractivity contribution in [2.45, 2.75) is 12.3 Å². The van der Waals surface area contributed by atoms with Crippen molar-refractivity contribution in [2.75, 3.05) is 0 Å². The molecule has 0 atom stereocenters. The Morgan fingerprint density at radius 3 is 1.57 bits per heavy atom. The Morgan fingerprint density at radius 1 is 0.619 bits per heavy atom. The first-order chi connectivity index (χ1) is 10.3. The molecule has 0 saturated heterocycles. The molecule has 0 aliphatic heterocycles. The predicted molar refractivity (Wildman–Crippen MR) is 97.6 cm³/mol. The molecule has 0 fully saturated rings. The molecule has 0 unspecified atom stereocenters. The van der Waals surface area contributed by atoms with E-state index in [1.54, 1.807) is 0 Å². The summed E-state index contributed by atoms with van der Waals surface area (Å²) in [6.07, 6.45) is 1.03. The third-order valence-corrected chi connectivity index (χ3v) is 4.48. The molecule has 0 aromatic heterocycles. The first kappa shape index (κ1) is 14.3. The Morgan fingerprint density at radius 2 is 1.10 bits per heavy atom. The van der Waals surface area contributed by atoms with Gasteiger partial charge in [-0.15, -0.1) is 0 Å². The average molecular weight is 384 g/mol. The fourth-order valence-electron chi connectivity index (χ4n) is 2.66. The second-order valence-electron chi connectivity index (χ2n) is 5.20. The van der Waals surface area contributed by atoms with Gasteiger partial charge < -0.3 is 0 Å². The smallest absolute Gasteiger partial charge is 0.0130 e. The van der Waals surface area contributed by atoms with Crippen LogP contribution in [0.15, 0.2) is 84.9 Å². The van der Waals surface area contributed by atoms with E-state index in [9.17, 15) is 0 Å². The number of hydrogen-bond acceptors (Lipinski definition) is 0. The van der Waals surface area contributed by atoms with Crippen LogP contribution in [0.5, 0.6) is 0 Å². The molecule has 0 radical (unpaired) electrons. The molecule has 3 aromatic carbocycles. The highest BCUT2D eigenvalue weighted by molar-refractivity contribution is 14.1. The van der Waals surface area contributed by atoms with Crippen molar-refractivity contribution in [3.05, 3.63) is 105 Å². The third-order valence-electron chi connectivity index (χ3n) is 3.76. The average Bonchev–Trinajstić information content (AvgIpc) is 2.56. The fourth-order valence-corrected chi connectivity index (χ4v) is 3.01. The molecule has 3 aromatic rings. The molecule has 0 heterocycles. The maximum Gasteiger partial charge on any atom is 0.0130 e. The Labute approximate surface area is 140 Å². The van der Waals surface area contributed by atoms with E-state index in [1.807, 2.05) is 0 Å². The molecule has 104 valence electrons. The molecule has 3 rings (SSSR count). The molecule has 1 heteroatoms. The summed E-state index contributed by atoms with van der Waals surface area (Å²) in [4.78, 5) is 0.